The van der Waals surface area contributed by atoms with E-state index in [1.807, 2.05) is 0 Å². The summed E-state index contributed by atoms with van der Waals surface area (Å²) in [6.45, 7) is 1.74. The number of esters is 1. The predicted molar refractivity (Wildman–Crippen MR) is 72.2 cm³/mol. The number of carbonyl (C=O) groups excluding carboxylic acids is 1. The molecule has 0 amide bonds. The lowest BCUT2D eigenvalue weighted by Gasteiger charge is -2.06. The third-order valence-corrected chi connectivity index (χ3v) is 5.12. The molecule has 2 aromatic heterocycles. The molecule has 0 unspecified atom stereocenters. The van der Waals surface area contributed by atoms with E-state index in [4.69, 9.17) is 0 Å². The molecule has 0 atom stereocenters. The molecule has 8 nitrogen and oxygen atoms in total. The van der Waals surface area contributed by atoms with Gasteiger partial charge in [-0.15, -0.1) is 11.3 Å². The van der Waals surface area contributed by atoms with Crippen molar-refractivity contribution in [3.05, 3.63) is 23.0 Å². The van der Waals surface area contributed by atoms with Crippen molar-refractivity contribution in [2.45, 2.75) is 11.1 Å². The molecule has 0 spiro atoms. The van der Waals surface area contributed by atoms with E-state index in [0.717, 1.165) is 18.4 Å². The Hall–Kier alpha value is -1.94. The van der Waals surface area contributed by atoms with Gasteiger partial charge in [0.15, 0.2) is 9.90 Å². The molecule has 108 valence electrons. The van der Waals surface area contributed by atoms with Crippen LogP contribution in [0.4, 0.5) is 5.82 Å². The Balaban J connectivity index is 2.39. The molecule has 0 saturated carbocycles. The van der Waals surface area contributed by atoms with Gasteiger partial charge in [0.25, 0.3) is 10.0 Å². The number of carbonyl (C=O) groups is 1. The number of rotatable bonds is 4. The first kappa shape index (κ1) is 14.5. The summed E-state index contributed by atoms with van der Waals surface area (Å²) < 4.78 is 32.6. The number of sulfonamides is 1. The van der Waals surface area contributed by atoms with Gasteiger partial charge >= 0.3 is 5.97 Å². The summed E-state index contributed by atoms with van der Waals surface area (Å²) in [6.07, 6.45) is 0. The summed E-state index contributed by atoms with van der Waals surface area (Å²) in [6, 6.07) is 1.58. The van der Waals surface area contributed by atoms with Gasteiger partial charge in [0.05, 0.1) is 18.3 Å². The van der Waals surface area contributed by atoms with E-state index >= 15 is 0 Å². The Morgan fingerprint density at radius 3 is 2.75 bits per heavy atom. The zero-order valence-electron chi connectivity index (χ0n) is 10.9. The number of ether oxygens (including phenoxy) is 1. The lowest BCUT2D eigenvalue weighted by molar-refractivity contribution is 0.0590. The molecular weight excluding hydrogens is 304 g/mol. The van der Waals surface area contributed by atoms with Crippen molar-refractivity contribution in [3.8, 4) is 0 Å². The summed E-state index contributed by atoms with van der Waals surface area (Å²) in [5.41, 5.74) is 1.71. The zero-order chi connectivity index (χ0) is 14.9. The van der Waals surface area contributed by atoms with Crippen LogP contribution < -0.4 is 4.72 Å². The molecule has 20 heavy (non-hydrogen) atoms. The van der Waals surface area contributed by atoms with Gasteiger partial charge in [-0.2, -0.15) is 5.10 Å². The van der Waals surface area contributed by atoms with Gasteiger partial charge in [-0.25, -0.2) is 18.2 Å². The first-order chi connectivity index (χ1) is 9.35. The second kappa shape index (κ2) is 5.21. The third kappa shape index (κ3) is 2.65. The fourth-order valence-corrected chi connectivity index (χ4v) is 3.76. The van der Waals surface area contributed by atoms with E-state index in [1.165, 1.54) is 10.2 Å². The van der Waals surface area contributed by atoms with Gasteiger partial charge in [0.1, 0.15) is 5.82 Å². The van der Waals surface area contributed by atoms with E-state index in [1.54, 1.807) is 20.0 Å². The Kier molecular flexibility index (Phi) is 3.77. The molecule has 0 fully saturated rings. The molecule has 0 aromatic carbocycles. The highest BCUT2D eigenvalue weighted by Crippen LogP contribution is 2.23. The van der Waals surface area contributed by atoms with E-state index < -0.39 is 16.0 Å². The molecule has 1 N–H and O–H groups in total. The summed E-state index contributed by atoms with van der Waals surface area (Å²) in [4.78, 5) is 15.2. The molecule has 0 aliphatic carbocycles. The van der Waals surface area contributed by atoms with Crippen molar-refractivity contribution in [3.63, 3.8) is 0 Å². The zero-order valence-corrected chi connectivity index (χ0v) is 12.6. The second-order valence-electron chi connectivity index (χ2n) is 3.88. The van der Waals surface area contributed by atoms with Crippen LogP contribution >= 0.6 is 11.3 Å². The molecule has 0 saturated heterocycles. The minimum absolute atomic E-state index is 0.191. The van der Waals surface area contributed by atoms with Gasteiger partial charge in [0, 0.05) is 13.1 Å². The number of methoxy groups -OCH3 is 1. The molecule has 2 heterocycles. The van der Waals surface area contributed by atoms with Crippen molar-refractivity contribution in [1.29, 1.82) is 0 Å². The smallest absolute Gasteiger partial charge is 0.358 e. The minimum Gasteiger partial charge on any atom is -0.464 e. The second-order valence-corrected chi connectivity index (χ2v) is 6.61. The van der Waals surface area contributed by atoms with Gasteiger partial charge < -0.3 is 4.74 Å². The van der Waals surface area contributed by atoms with E-state index in [9.17, 15) is 13.2 Å². The number of hydrogen-bond donors (Lipinski definition) is 1. The lowest BCUT2D eigenvalue weighted by Crippen LogP contribution is -2.17. The molecular formula is C10H12N4O4S2. The van der Waals surface area contributed by atoms with E-state index in [2.05, 4.69) is 19.5 Å². The third-order valence-electron chi connectivity index (χ3n) is 2.40. The molecule has 10 heteroatoms. The maximum absolute atomic E-state index is 12.3. The van der Waals surface area contributed by atoms with Crippen LogP contribution in [-0.4, -0.2) is 36.3 Å². The number of nitrogens with one attached hydrogen (secondary N) is 1. The molecule has 0 radical (unpaired) electrons. The van der Waals surface area contributed by atoms with Gasteiger partial charge in [-0.05, 0) is 6.92 Å². The van der Waals surface area contributed by atoms with Gasteiger partial charge in [-0.1, -0.05) is 0 Å². The number of hydrogen-bond acceptors (Lipinski definition) is 7. The topological polar surface area (TPSA) is 103 Å². The minimum atomic E-state index is -3.92. The maximum Gasteiger partial charge on any atom is 0.358 e. The summed E-state index contributed by atoms with van der Waals surface area (Å²) >= 11 is 0.840. The van der Waals surface area contributed by atoms with E-state index in [-0.39, 0.29) is 9.90 Å². The fraction of sp³-hybridized carbons (Fsp3) is 0.300. The molecule has 0 aliphatic heterocycles. The van der Waals surface area contributed by atoms with Gasteiger partial charge in [-0.3, -0.25) is 9.40 Å². The highest BCUT2D eigenvalue weighted by molar-refractivity contribution is 7.94. The lowest BCUT2D eigenvalue weighted by atomic mass is 10.5. The number of aromatic nitrogens is 3. The van der Waals surface area contributed by atoms with Crippen LogP contribution in [0.2, 0.25) is 0 Å². The SMILES string of the molecule is COC(=O)c1ncsc1S(=O)(=O)Nc1cc(C)nn1C. The standard InChI is InChI=1S/C10H12N4O4S2/c1-6-4-7(14(2)12-6)13-20(16,17)10-8(9(15)18-3)11-5-19-10/h4-5,13H,1-3H3. The number of nitrogens with zero attached hydrogens (tertiary/aromatic N) is 3. The van der Waals surface area contributed by atoms with Crippen LogP contribution in [0.15, 0.2) is 15.8 Å². The number of thiazole rings is 1. The van der Waals surface area contributed by atoms with Crippen molar-refractivity contribution >= 4 is 33.1 Å². The first-order valence-electron chi connectivity index (χ1n) is 5.40. The van der Waals surface area contributed by atoms with Crippen molar-refractivity contribution in [2.24, 2.45) is 7.05 Å². The van der Waals surface area contributed by atoms with Crippen molar-refractivity contribution < 1.29 is 17.9 Å². The largest absolute Gasteiger partial charge is 0.464 e. The number of anilines is 1. The van der Waals surface area contributed by atoms with Crippen molar-refractivity contribution in [1.82, 2.24) is 14.8 Å². The Bertz CT molecular complexity index is 747. The van der Waals surface area contributed by atoms with Crippen LogP contribution in [0.25, 0.3) is 0 Å². The first-order valence-corrected chi connectivity index (χ1v) is 7.76. The molecule has 0 aliphatic rings. The Labute approximate surface area is 119 Å². The van der Waals surface area contributed by atoms with Crippen LogP contribution in [-0.2, 0) is 21.8 Å². The summed E-state index contributed by atoms with van der Waals surface area (Å²) in [5, 5.41) is 4.04. The Morgan fingerprint density at radius 2 is 2.20 bits per heavy atom. The molecule has 2 aromatic rings. The monoisotopic (exact) mass is 316 g/mol. The maximum atomic E-state index is 12.3. The average Bonchev–Trinajstić information content (AvgIpc) is 2.96. The van der Waals surface area contributed by atoms with Crippen LogP contribution in [0.3, 0.4) is 0 Å². The molecule has 2 rings (SSSR count). The van der Waals surface area contributed by atoms with E-state index in [0.29, 0.717) is 11.5 Å². The highest BCUT2D eigenvalue weighted by atomic mass is 32.2. The van der Waals surface area contributed by atoms with Crippen molar-refractivity contribution in [2.75, 3.05) is 11.8 Å². The highest BCUT2D eigenvalue weighted by Gasteiger charge is 2.27. The summed E-state index contributed by atoms with van der Waals surface area (Å²) in [7, 11) is -1.15. The van der Waals surface area contributed by atoms with Crippen LogP contribution in [0.5, 0.6) is 0 Å². The van der Waals surface area contributed by atoms with Crippen LogP contribution in [0.1, 0.15) is 16.2 Å². The fourth-order valence-electron chi connectivity index (χ4n) is 1.55. The number of aryl methyl sites for hydroxylation is 2. The Morgan fingerprint density at radius 1 is 1.50 bits per heavy atom. The van der Waals surface area contributed by atoms with Gasteiger partial charge in [0.2, 0.25) is 0 Å². The quantitative estimate of drug-likeness (QED) is 0.836. The predicted octanol–water partition coefficient (Wildman–Crippen LogP) is 0.772. The summed E-state index contributed by atoms with van der Waals surface area (Å²) in [5.74, 6) is -0.500. The average molecular weight is 316 g/mol. The normalized spacial score (nSPS) is 11.3. The van der Waals surface area contributed by atoms with Crippen LogP contribution in [0, 0.1) is 6.92 Å². The molecule has 0 bridgehead atoms.